The first-order valence-corrected chi connectivity index (χ1v) is 13.2. The van der Waals surface area contributed by atoms with Gasteiger partial charge in [0.1, 0.15) is 17.9 Å². The molecular weight excluding hydrogens is 548 g/mol. The predicted molar refractivity (Wildman–Crippen MR) is 149 cm³/mol. The normalized spacial score (nSPS) is 16.0. The molecule has 0 aromatic heterocycles. The van der Waals surface area contributed by atoms with Gasteiger partial charge >= 0.3 is 12.2 Å². The lowest BCUT2D eigenvalue weighted by atomic mass is 9.89. The van der Waals surface area contributed by atoms with Crippen LogP contribution in [0.2, 0.25) is 0 Å². The van der Waals surface area contributed by atoms with Crippen LogP contribution >= 0.6 is 15.9 Å². The smallest absolute Gasteiger partial charge is 0.429 e. The number of halogens is 1. The van der Waals surface area contributed by atoms with Crippen molar-refractivity contribution < 1.29 is 23.8 Å². The summed E-state index contributed by atoms with van der Waals surface area (Å²) in [7, 11) is 0. The fourth-order valence-electron chi connectivity index (χ4n) is 4.25. The molecule has 0 heterocycles. The zero-order valence-electron chi connectivity index (χ0n) is 21.2. The van der Waals surface area contributed by atoms with E-state index in [0.29, 0.717) is 5.75 Å². The van der Waals surface area contributed by atoms with Crippen molar-refractivity contribution in [2.75, 3.05) is 13.2 Å². The van der Waals surface area contributed by atoms with Crippen LogP contribution in [0.25, 0.3) is 5.57 Å². The second kappa shape index (κ2) is 13.0. The Morgan fingerprint density at radius 3 is 1.95 bits per heavy atom. The Labute approximate surface area is 230 Å². The van der Waals surface area contributed by atoms with Gasteiger partial charge in [0.2, 0.25) is 0 Å². The predicted octanol–water partition coefficient (Wildman–Crippen LogP) is 6.76. The molecule has 7 nitrogen and oxygen atoms in total. The summed E-state index contributed by atoms with van der Waals surface area (Å²) in [5.74, 6) is 0.655. The van der Waals surface area contributed by atoms with Gasteiger partial charge in [0.05, 0.1) is 13.2 Å². The van der Waals surface area contributed by atoms with Crippen molar-refractivity contribution in [3.8, 4) is 5.75 Å². The number of carbonyl (C=O) groups is 2. The zero-order chi connectivity index (χ0) is 26.9. The number of benzene rings is 3. The van der Waals surface area contributed by atoms with Crippen LogP contribution in [0.5, 0.6) is 5.75 Å². The summed E-state index contributed by atoms with van der Waals surface area (Å²) in [4.78, 5) is 25.6. The SMILES string of the molecule is CCOC(=O)NN(C(=O)OCC)[C@H]1C=C[C@@H](Oc2ccc(Br)cc2)C1=C(c1ccccc1)c1ccccc1. The summed E-state index contributed by atoms with van der Waals surface area (Å²) in [5, 5.41) is 1.16. The van der Waals surface area contributed by atoms with Crippen LogP contribution in [0.1, 0.15) is 25.0 Å². The summed E-state index contributed by atoms with van der Waals surface area (Å²) < 4.78 is 17.8. The molecule has 0 saturated carbocycles. The lowest BCUT2D eigenvalue weighted by Crippen LogP contribution is -2.52. The van der Waals surface area contributed by atoms with Crippen LogP contribution in [0.4, 0.5) is 9.59 Å². The molecule has 0 aliphatic heterocycles. The van der Waals surface area contributed by atoms with Gasteiger partial charge in [0.25, 0.3) is 0 Å². The van der Waals surface area contributed by atoms with Gasteiger partial charge in [-0.15, -0.1) is 0 Å². The van der Waals surface area contributed by atoms with Crippen LogP contribution in [-0.4, -0.2) is 42.6 Å². The maximum absolute atomic E-state index is 13.1. The number of hydrazine groups is 1. The number of hydrogen-bond acceptors (Lipinski definition) is 5. The Kier molecular flexibility index (Phi) is 9.21. The van der Waals surface area contributed by atoms with E-state index in [9.17, 15) is 9.59 Å². The summed E-state index contributed by atoms with van der Waals surface area (Å²) >= 11 is 3.46. The molecule has 1 aliphatic rings. The molecule has 1 N–H and O–H groups in total. The second-order valence-electron chi connectivity index (χ2n) is 8.29. The molecular formula is C30H29BrN2O5. The quantitative estimate of drug-likeness (QED) is 0.248. The standard InChI is InChI=1S/C30H29BrN2O5/c1-3-36-29(34)32-33(30(35)37-4-2)25-19-20-26(38-24-17-15-23(31)16-18-24)28(25)27(21-11-7-5-8-12-21)22-13-9-6-10-14-22/h5-20,25-26H,3-4H2,1-2H3,(H,32,34)/t25-,26+/m0/s1. The fourth-order valence-corrected chi connectivity index (χ4v) is 4.52. The Morgan fingerprint density at radius 2 is 1.39 bits per heavy atom. The van der Waals surface area contributed by atoms with Gasteiger partial charge in [-0.25, -0.2) is 20.0 Å². The van der Waals surface area contributed by atoms with Crippen LogP contribution in [0, 0.1) is 0 Å². The van der Waals surface area contributed by atoms with Gasteiger partial charge in [-0.3, -0.25) is 0 Å². The maximum atomic E-state index is 13.1. The second-order valence-corrected chi connectivity index (χ2v) is 9.20. The van der Waals surface area contributed by atoms with Gasteiger partial charge in [-0.05, 0) is 60.9 Å². The van der Waals surface area contributed by atoms with Crippen molar-refractivity contribution >= 4 is 33.7 Å². The van der Waals surface area contributed by atoms with Crippen LogP contribution in [0.15, 0.2) is 107 Å². The van der Waals surface area contributed by atoms with E-state index in [1.54, 1.807) is 13.8 Å². The monoisotopic (exact) mass is 576 g/mol. The summed E-state index contributed by atoms with van der Waals surface area (Å²) in [5.41, 5.74) is 6.09. The molecule has 2 atom stereocenters. The third kappa shape index (κ3) is 6.44. The molecule has 3 aromatic carbocycles. The Hall–Kier alpha value is -4.04. The molecule has 0 fully saturated rings. The molecule has 2 amide bonds. The number of amides is 2. The van der Waals surface area contributed by atoms with Gasteiger partial charge in [0.15, 0.2) is 0 Å². The van der Waals surface area contributed by atoms with Crippen molar-refractivity contribution in [2.24, 2.45) is 0 Å². The number of nitrogens with one attached hydrogen (secondary N) is 1. The summed E-state index contributed by atoms with van der Waals surface area (Å²) in [6.07, 6.45) is 1.70. The molecule has 4 rings (SSSR count). The van der Waals surface area contributed by atoms with E-state index in [2.05, 4.69) is 21.4 Å². The average Bonchev–Trinajstić information content (AvgIpc) is 3.32. The first kappa shape index (κ1) is 27.0. The molecule has 3 aromatic rings. The highest BCUT2D eigenvalue weighted by atomic mass is 79.9. The Bertz CT molecular complexity index is 1250. The molecule has 0 spiro atoms. The highest BCUT2D eigenvalue weighted by Crippen LogP contribution is 2.37. The average molecular weight is 577 g/mol. The first-order chi connectivity index (χ1) is 18.5. The number of rotatable bonds is 7. The molecule has 1 aliphatic carbocycles. The van der Waals surface area contributed by atoms with Crippen LogP contribution < -0.4 is 10.2 Å². The third-order valence-corrected chi connectivity index (χ3v) is 6.34. The lowest BCUT2D eigenvalue weighted by Gasteiger charge is -2.31. The largest absolute Gasteiger partial charge is 0.482 e. The highest BCUT2D eigenvalue weighted by Gasteiger charge is 2.38. The minimum atomic E-state index is -0.758. The van der Waals surface area contributed by atoms with Crippen LogP contribution in [-0.2, 0) is 9.47 Å². The van der Waals surface area contributed by atoms with Gasteiger partial charge in [0, 0.05) is 10.0 Å². The number of nitrogens with zero attached hydrogens (tertiary/aromatic N) is 1. The van der Waals surface area contributed by atoms with E-state index in [1.807, 2.05) is 97.1 Å². The van der Waals surface area contributed by atoms with E-state index in [-0.39, 0.29) is 13.2 Å². The van der Waals surface area contributed by atoms with Crippen molar-refractivity contribution in [1.29, 1.82) is 0 Å². The van der Waals surface area contributed by atoms with Crippen molar-refractivity contribution in [3.05, 3.63) is 118 Å². The fraction of sp³-hybridized carbons (Fsp3) is 0.200. The molecule has 0 unspecified atom stereocenters. The van der Waals surface area contributed by atoms with E-state index < -0.39 is 24.3 Å². The topological polar surface area (TPSA) is 77.1 Å². The Morgan fingerprint density at radius 1 is 0.816 bits per heavy atom. The molecule has 0 saturated heterocycles. The summed E-state index contributed by atoms with van der Waals surface area (Å²) in [6, 6.07) is 26.6. The minimum absolute atomic E-state index is 0.137. The van der Waals surface area contributed by atoms with E-state index >= 15 is 0 Å². The molecule has 0 radical (unpaired) electrons. The molecule has 196 valence electrons. The molecule has 0 bridgehead atoms. The number of carbonyl (C=O) groups excluding carboxylic acids is 2. The number of ether oxygens (including phenoxy) is 3. The Balaban J connectivity index is 1.89. The maximum Gasteiger partial charge on any atom is 0.429 e. The first-order valence-electron chi connectivity index (χ1n) is 12.4. The van der Waals surface area contributed by atoms with E-state index in [4.69, 9.17) is 14.2 Å². The number of hydrogen-bond donors (Lipinski definition) is 1. The van der Waals surface area contributed by atoms with Crippen molar-refractivity contribution in [1.82, 2.24) is 10.4 Å². The lowest BCUT2D eigenvalue weighted by molar-refractivity contribution is 0.0677. The molecule has 8 heteroatoms. The van der Waals surface area contributed by atoms with E-state index in [1.165, 1.54) is 0 Å². The minimum Gasteiger partial charge on any atom is -0.482 e. The van der Waals surface area contributed by atoms with Crippen molar-refractivity contribution in [3.63, 3.8) is 0 Å². The summed E-state index contributed by atoms with van der Waals surface area (Å²) in [6.45, 7) is 3.69. The van der Waals surface area contributed by atoms with Gasteiger partial charge in [-0.1, -0.05) is 82.7 Å². The van der Waals surface area contributed by atoms with E-state index in [0.717, 1.165) is 31.8 Å². The van der Waals surface area contributed by atoms with Gasteiger partial charge in [-0.2, -0.15) is 0 Å². The van der Waals surface area contributed by atoms with Crippen LogP contribution in [0.3, 0.4) is 0 Å². The van der Waals surface area contributed by atoms with Gasteiger partial charge < -0.3 is 14.2 Å². The zero-order valence-corrected chi connectivity index (χ0v) is 22.8. The van der Waals surface area contributed by atoms with Crippen molar-refractivity contribution in [2.45, 2.75) is 26.0 Å². The molecule has 38 heavy (non-hydrogen) atoms. The highest BCUT2D eigenvalue weighted by molar-refractivity contribution is 9.10. The third-order valence-electron chi connectivity index (χ3n) is 5.81.